The van der Waals surface area contributed by atoms with E-state index in [1.165, 1.54) is 11.3 Å². The maximum atomic E-state index is 12.2. The smallest absolute Gasteiger partial charge is 0.314 e. The first-order valence-electron chi connectivity index (χ1n) is 7.45. The summed E-state index contributed by atoms with van der Waals surface area (Å²) in [5, 5.41) is 6.37. The fourth-order valence-corrected chi connectivity index (χ4v) is 3.00. The number of nitrogens with zero attached hydrogens (tertiary/aromatic N) is 3. The zero-order valence-corrected chi connectivity index (χ0v) is 17.0. The summed E-state index contributed by atoms with van der Waals surface area (Å²) in [6, 6.07) is 9.47. The van der Waals surface area contributed by atoms with Crippen molar-refractivity contribution in [1.82, 2.24) is 14.8 Å². The van der Waals surface area contributed by atoms with Gasteiger partial charge in [-0.1, -0.05) is 36.1 Å². The number of nitrogens with one attached hydrogen (secondary N) is 1. The molecule has 1 aromatic carbocycles. The Labute approximate surface area is 170 Å². The summed E-state index contributed by atoms with van der Waals surface area (Å²) < 4.78 is 0. The Bertz CT molecular complexity index is 707. The molecule has 1 aliphatic heterocycles. The summed E-state index contributed by atoms with van der Waals surface area (Å²) in [4.78, 5) is 31.6. The standard InChI is InChI=1S/C16H17N4O2S.Y/c1-2-14(21)19-8-9-20(11-19)16(22)18-15-17-13(10-23-15)12-6-4-3-5-7-12;/h3-7H,2,8-9,11H2,1H3,(H,17,18,22);/q-1;. The van der Waals surface area contributed by atoms with Crippen molar-refractivity contribution in [3.05, 3.63) is 35.7 Å². The second-order valence-corrected chi connectivity index (χ2v) is 5.98. The van der Waals surface area contributed by atoms with Crippen molar-refractivity contribution < 1.29 is 42.3 Å². The molecule has 0 spiro atoms. The van der Waals surface area contributed by atoms with Crippen molar-refractivity contribution in [3.8, 4) is 11.3 Å². The molecule has 0 unspecified atom stereocenters. The van der Waals surface area contributed by atoms with Crippen LogP contribution in [-0.4, -0.2) is 46.5 Å². The number of carbonyl (C=O) groups is 2. The summed E-state index contributed by atoms with van der Waals surface area (Å²) in [7, 11) is 0. The first kappa shape index (κ1) is 19.0. The van der Waals surface area contributed by atoms with Crippen LogP contribution in [0.15, 0.2) is 30.3 Å². The van der Waals surface area contributed by atoms with Crippen LogP contribution < -0.4 is 5.32 Å². The van der Waals surface area contributed by atoms with Gasteiger partial charge in [0, 0.05) is 52.2 Å². The molecule has 0 saturated carbocycles. The van der Waals surface area contributed by atoms with E-state index in [2.05, 4.69) is 15.7 Å². The Morgan fingerprint density at radius 1 is 1.25 bits per heavy atom. The molecule has 24 heavy (non-hydrogen) atoms. The van der Waals surface area contributed by atoms with E-state index in [1.54, 1.807) is 9.80 Å². The Morgan fingerprint density at radius 2 is 1.96 bits per heavy atom. The molecule has 3 rings (SSSR count). The summed E-state index contributed by atoms with van der Waals surface area (Å²) in [5.74, 6) is 0.0641. The SMILES string of the molecule is CCC(=O)N1CCN(C(=O)Nc2nc(-c3ccccc3)[c-]s2)C1.[Y]. The molecule has 0 aliphatic carbocycles. The predicted octanol–water partition coefficient (Wildman–Crippen LogP) is 2.65. The van der Waals surface area contributed by atoms with Crippen LogP contribution in [0.4, 0.5) is 9.93 Å². The van der Waals surface area contributed by atoms with Crippen LogP contribution in [0.5, 0.6) is 0 Å². The molecule has 8 heteroatoms. The summed E-state index contributed by atoms with van der Waals surface area (Å²) >= 11 is 1.27. The first-order valence-corrected chi connectivity index (χ1v) is 8.26. The number of amides is 3. The minimum absolute atomic E-state index is 0. The Balaban J connectivity index is 0.00000208. The van der Waals surface area contributed by atoms with Gasteiger partial charge in [-0.15, -0.1) is 12.1 Å². The molecule has 2 aromatic rings. The van der Waals surface area contributed by atoms with Crippen molar-refractivity contribution >= 4 is 28.4 Å². The van der Waals surface area contributed by atoms with Gasteiger partial charge in [0.1, 0.15) is 0 Å². The zero-order chi connectivity index (χ0) is 16.2. The van der Waals surface area contributed by atoms with Gasteiger partial charge >= 0.3 is 6.03 Å². The molecule has 1 saturated heterocycles. The van der Waals surface area contributed by atoms with Crippen LogP contribution in [0.25, 0.3) is 11.3 Å². The fraction of sp³-hybridized carbons (Fsp3) is 0.312. The molecule has 6 nitrogen and oxygen atoms in total. The van der Waals surface area contributed by atoms with E-state index in [4.69, 9.17) is 0 Å². The van der Waals surface area contributed by atoms with Gasteiger partial charge in [0.25, 0.3) is 0 Å². The first-order chi connectivity index (χ1) is 11.2. The third-order valence-electron chi connectivity index (χ3n) is 3.64. The van der Waals surface area contributed by atoms with Gasteiger partial charge in [-0.3, -0.25) is 4.79 Å². The molecule has 1 aromatic heterocycles. The van der Waals surface area contributed by atoms with E-state index < -0.39 is 0 Å². The van der Waals surface area contributed by atoms with Crippen LogP contribution >= 0.6 is 11.3 Å². The van der Waals surface area contributed by atoms with Crippen LogP contribution in [-0.2, 0) is 37.5 Å². The molecule has 0 bridgehead atoms. The van der Waals surface area contributed by atoms with Gasteiger partial charge in [-0.25, -0.2) is 16.1 Å². The minimum Gasteiger partial charge on any atom is -0.336 e. The van der Waals surface area contributed by atoms with E-state index in [-0.39, 0.29) is 44.6 Å². The molecule has 3 amide bonds. The van der Waals surface area contributed by atoms with Crippen molar-refractivity contribution in [1.29, 1.82) is 0 Å². The van der Waals surface area contributed by atoms with Gasteiger partial charge in [0.15, 0.2) is 0 Å². The number of hydrogen-bond acceptors (Lipinski definition) is 4. The van der Waals surface area contributed by atoms with Gasteiger partial charge in [0.05, 0.1) is 11.8 Å². The number of anilines is 1. The number of hydrogen-bond donors (Lipinski definition) is 1. The topological polar surface area (TPSA) is 65.5 Å². The largest absolute Gasteiger partial charge is 0.336 e. The predicted molar refractivity (Wildman–Crippen MR) is 89.0 cm³/mol. The summed E-state index contributed by atoms with van der Waals surface area (Å²) in [6.45, 7) is 3.28. The maximum absolute atomic E-state index is 12.2. The van der Waals surface area contributed by atoms with E-state index in [0.717, 1.165) is 11.3 Å². The second kappa shape index (κ2) is 8.69. The average molecular weight is 418 g/mol. The molecule has 1 N–H and O–H groups in total. The fourth-order valence-electron chi connectivity index (χ4n) is 2.37. The molecular formula is C16H17N4O2SY-. The quantitative estimate of drug-likeness (QED) is 0.780. The van der Waals surface area contributed by atoms with E-state index >= 15 is 0 Å². The van der Waals surface area contributed by atoms with Crippen LogP contribution in [0, 0.1) is 5.38 Å². The number of benzene rings is 1. The number of aromatic nitrogens is 1. The van der Waals surface area contributed by atoms with Gasteiger partial charge in [0.2, 0.25) is 5.91 Å². The van der Waals surface area contributed by atoms with Crippen molar-refractivity contribution in [2.24, 2.45) is 0 Å². The third kappa shape index (κ3) is 4.40. The minimum atomic E-state index is -0.237. The number of thiazole rings is 1. The number of rotatable bonds is 3. The normalized spacial score (nSPS) is 13.5. The number of carbonyl (C=O) groups excluding carboxylic acids is 2. The van der Waals surface area contributed by atoms with Gasteiger partial charge < -0.3 is 20.1 Å². The van der Waals surface area contributed by atoms with Crippen molar-refractivity contribution in [3.63, 3.8) is 0 Å². The van der Waals surface area contributed by atoms with Crippen molar-refractivity contribution in [2.75, 3.05) is 25.1 Å². The van der Waals surface area contributed by atoms with Gasteiger partial charge in [-0.2, -0.15) is 0 Å². The molecule has 1 fully saturated rings. The summed E-state index contributed by atoms with van der Waals surface area (Å²) in [6.07, 6.45) is 0.456. The van der Waals surface area contributed by atoms with E-state index in [9.17, 15) is 9.59 Å². The molecule has 1 aliphatic rings. The Morgan fingerprint density at radius 3 is 2.67 bits per heavy atom. The molecule has 0 atom stereocenters. The average Bonchev–Trinajstić information content (AvgIpc) is 3.24. The van der Waals surface area contributed by atoms with Gasteiger partial charge in [-0.05, 0) is 5.69 Å². The van der Waals surface area contributed by atoms with E-state index in [1.807, 2.05) is 37.3 Å². The van der Waals surface area contributed by atoms with E-state index in [0.29, 0.717) is 31.3 Å². The second-order valence-electron chi connectivity index (χ2n) is 5.18. The Hall–Kier alpha value is -1.31. The van der Waals surface area contributed by atoms with Crippen LogP contribution in [0.3, 0.4) is 0 Å². The molecular weight excluding hydrogens is 401 g/mol. The van der Waals surface area contributed by atoms with Crippen LogP contribution in [0.1, 0.15) is 13.3 Å². The van der Waals surface area contributed by atoms with Crippen LogP contribution in [0.2, 0.25) is 0 Å². The Kier molecular flexibility index (Phi) is 6.89. The molecule has 1 radical (unpaired) electrons. The zero-order valence-electron chi connectivity index (χ0n) is 13.4. The third-order valence-corrected chi connectivity index (χ3v) is 4.32. The molecule has 123 valence electrons. The number of urea groups is 1. The maximum Gasteiger partial charge on any atom is 0.314 e. The monoisotopic (exact) mass is 418 g/mol. The van der Waals surface area contributed by atoms with Crippen molar-refractivity contribution in [2.45, 2.75) is 13.3 Å². The molecule has 2 heterocycles. The summed E-state index contributed by atoms with van der Waals surface area (Å²) in [5.41, 5.74) is 1.68.